The molecule has 0 aliphatic carbocycles. The van der Waals surface area contributed by atoms with E-state index in [1.54, 1.807) is 17.5 Å². The Balaban J connectivity index is 1.72. The van der Waals surface area contributed by atoms with E-state index in [4.69, 9.17) is 4.74 Å². The molecule has 1 aromatic heterocycles. The highest BCUT2D eigenvalue weighted by Crippen LogP contribution is 2.17. The molecule has 0 aromatic carbocycles. The average Bonchev–Trinajstić information content (AvgIpc) is 2.77. The molecule has 2 N–H and O–H groups in total. The van der Waals surface area contributed by atoms with Crippen LogP contribution in [-0.2, 0) is 11.3 Å². The van der Waals surface area contributed by atoms with Crippen molar-refractivity contribution in [2.45, 2.75) is 18.6 Å². The van der Waals surface area contributed by atoms with Gasteiger partial charge in [0.2, 0.25) is 0 Å². The van der Waals surface area contributed by atoms with Gasteiger partial charge in [0.05, 0.1) is 6.61 Å². The Morgan fingerprint density at radius 2 is 2.64 bits per heavy atom. The van der Waals surface area contributed by atoms with Gasteiger partial charge in [-0.3, -0.25) is 0 Å². The van der Waals surface area contributed by atoms with Crippen molar-refractivity contribution in [3.63, 3.8) is 0 Å². The summed E-state index contributed by atoms with van der Waals surface area (Å²) in [4.78, 5) is 4.15. The normalized spacial score (nSPS) is 26.9. The van der Waals surface area contributed by atoms with E-state index in [-0.39, 0.29) is 0 Å². The third-order valence-electron chi connectivity index (χ3n) is 2.30. The van der Waals surface area contributed by atoms with Crippen LogP contribution in [0.2, 0.25) is 0 Å². The first-order valence-electron chi connectivity index (χ1n) is 4.68. The smallest absolute Gasteiger partial charge is 0.106 e. The van der Waals surface area contributed by atoms with Crippen molar-refractivity contribution in [3.05, 3.63) is 16.6 Å². The molecule has 1 unspecified atom stereocenters. The summed E-state index contributed by atoms with van der Waals surface area (Å²) >= 11 is 1.62. The van der Waals surface area contributed by atoms with Crippen molar-refractivity contribution in [3.8, 4) is 0 Å². The van der Waals surface area contributed by atoms with Gasteiger partial charge in [-0.05, 0) is 0 Å². The van der Waals surface area contributed by atoms with Crippen molar-refractivity contribution < 1.29 is 9.84 Å². The van der Waals surface area contributed by atoms with Gasteiger partial charge in [0, 0.05) is 37.7 Å². The Labute approximate surface area is 86.9 Å². The molecule has 5 heteroatoms. The van der Waals surface area contributed by atoms with Gasteiger partial charge in [0.1, 0.15) is 10.6 Å². The maximum absolute atomic E-state index is 9.92. The minimum absolute atomic E-state index is 0.442. The first-order valence-corrected chi connectivity index (χ1v) is 5.56. The van der Waals surface area contributed by atoms with Gasteiger partial charge < -0.3 is 15.2 Å². The molecule has 2 heterocycles. The lowest BCUT2D eigenvalue weighted by molar-refractivity contribution is 0.0268. The SMILES string of the molecule is OC1(CNCc2nccs2)CCOC1. The number of rotatable bonds is 4. The summed E-state index contributed by atoms with van der Waals surface area (Å²) in [6.45, 7) is 2.40. The molecule has 0 bridgehead atoms. The first kappa shape index (κ1) is 10.0. The third-order valence-corrected chi connectivity index (χ3v) is 3.08. The fraction of sp³-hybridized carbons (Fsp3) is 0.667. The van der Waals surface area contributed by atoms with Crippen molar-refractivity contribution in [2.24, 2.45) is 0 Å². The van der Waals surface area contributed by atoms with E-state index in [9.17, 15) is 5.11 Å². The lowest BCUT2D eigenvalue weighted by atomic mass is 10.0. The Morgan fingerprint density at radius 3 is 3.29 bits per heavy atom. The van der Waals surface area contributed by atoms with Crippen LogP contribution in [0.1, 0.15) is 11.4 Å². The minimum Gasteiger partial charge on any atom is -0.386 e. The van der Waals surface area contributed by atoms with Crippen LogP contribution in [0.4, 0.5) is 0 Å². The number of aromatic nitrogens is 1. The van der Waals surface area contributed by atoms with E-state index in [0.29, 0.717) is 19.8 Å². The van der Waals surface area contributed by atoms with Gasteiger partial charge >= 0.3 is 0 Å². The van der Waals surface area contributed by atoms with Gasteiger partial charge in [-0.15, -0.1) is 11.3 Å². The van der Waals surface area contributed by atoms with Crippen molar-refractivity contribution in [1.29, 1.82) is 0 Å². The molecule has 0 radical (unpaired) electrons. The summed E-state index contributed by atoms with van der Waals surface area (Å²) in [7, 11) is 0. The molecule has 14 heavy (non-hydrogen) atoms. The third kappa shape index (κ3) is 2.51. The van der Waals surface area contributed by atoms with E-state index in [1.807, 2.05) is 5.38 Å². The van der Waals surface area contributed by atoms with Crippen LogP contribution in [0.15, 0.2) is 11.6 Å². The molecule has 4 nitrogen and oxygen atoms in total. The molecule has 1 saturated heterocycles. The van der Waals surface area contributed by atoms with Crippen molar-refractivity contribution in [2.75, 3.05) is 19.8 Å². The zero-order valence-corrected chi connectivity index (χ0v) is 8.72. The summed E-state index contributed by atoms with van der Waals surface area (Å²) in [6.07, 6.45) is 2.51. The molecule has 1 aliphatic heterocycles. The van der Waals surface area contributed by atoms with Gasteiger partial charge in [-0.25, -0.2) is 4.98 Å². The molecular formula is C9H14N2O2S. The van der Waals surface area contributed by atoms with E-state index in [0.717, 1.165) is 18.0 Å². The second-order valence-electron chi connectivity index (χ2n) is 3.56. The summed E-state index contributed by atoms with van der Waals surface area (Å²) < 4.78 is 5.14. The number of hydrogen-bond donors (Lipinski definition) is 2. The summed E-state index contributed by atoms with van der Waals surface area (Å²) in [5.74, 6) is 0. The number of hydrogen-bond acceptors (Lipinski definition) is 5. The maximum atomic E-state index is 9.92. The second-order valence-corrected chi connectivity index (χ2v) is 4.54. The fourth-order valence-corrected chi connectivity index (χ4v) is 2.06. The number of nitrogens with zero attached hydrogens (tertiary/aromatic N) is 1. The van der Waals surface area contributed by atoms with E-state index in [2.05, 4.69) is 10.3 Å². The molecule has 1 aliphatic rings. The second kappa shape index (κ2) is 4.35. The van der Waals surface area contributed by atoms with E-state index < -0.39 is 5.60 Å². The highest BCUT2D eigenvalue weighted by Gasteiger charge is 2.31. The Bertz CT molecular complexity index is 270. The molecule has 0 spiro atoms. The molecule has 1 atom stereocenters. The molecule has 1 fully saturated rings. The van der Waals surface area contributed by atoms with Crippen LogP contribution in [0.3, 0.4) is 0 Å². The first-order chi connectivity index (χ1) is 6.79. The van der Waals surface area contributed by atoms with Crippen molar-refractivity contribution >= 4 is 11.3 Å². The van der Waals surface area contributed by atoms with Gasteiger partial charge in [0.25, 0.3) is 0 Å². The molecule has 0 amide bonds. The van der Waals surface area contributed by atoms with Gasteiger partial charge in [0.15, 0.2) is 0 Å². The average molecular weight is 214 g/mol. The van der Waals surface area contributed by atoms with Gasteiger partial charge in [-0.2, -0.15) is 0 Å². The molecular weight excluding hydrogens is 200 g/mol. The summed E-state index contributed by atoms with van der Waals surface area (Å²) in [5, 5.41) is 16.1. The van der Waals surface area contributed by atoms with Crippen LogP contribution in [0.25, 0.3) is 0 Å². The van der Waals surface area contributed by atoms with E-state index >= 15 is 0 Å². The van der Waals surface area contributed by atoms with Crippen molar-refractivity contribution in [1.82, 2.24) is 10.3 Å². The lowest BCUT2D eigenvalue weighted by Gasteiger charge is -2.20. The topological polar surface area (TPSA) is 54.4 Å². The lowest BCUT2D eigenvalue weighted by Crippen LogP contribution is -2.40. The largest absolute Gasteiger partial charge is 0.386 e. The Hall–Kier alpha value is -0.490. The predicted molar refractivity (Wildman–Crippen MR) is 54.2 cm³/mol. The number of ether oxygens (including phenoxy) is 1. The maximum Gasteiger partial charge on any atom is 0.106 e. The number of thiazole rings is 1. The quantitative estimate of drug-likeness (QED) is 0.761. The molecule has 0 saturated carbocycles. The monoisotopic (exact) mass is 214 g/mol. The minimum atomic E-state index is -0.669. The Morgan fingerprint density at radius 1 is 1.71 bits per heavy atom. The van der Waals surface area contributed by atoms with Crippen LogP contribution in [0, 0.1) is 0 Å². The van der Waals surface area contributed by atoms with Crippen LogP contribution in [0.5, 0.6) is 0 Å². The zero-order chi connectivity index (χ0) is 9.86. The highest BCUT2D eigenvalue weighted by molar-refractivity contribution is 7.09. The molecule has 78 valence electrons. The van der Waals surface area contributed by atoms with Gasteiger partial charge in [-0.1, -0.05) is 0 Å². The zero-order valence-electron chi connectivity index (χ0n) is 7.90. The Kier molecular flexibility index (Phi) is 3.12. The van der Waals surface area contributed by atoms with Crippen LogP contribution in [-0.4, -0.2) is 35.5 Å². The fourth-order valence-electron chi connectivity index (χ4n) is 1.48. The molecule has 1 aromatic rings. The van der Waals surface area contributed by atoms with E-state index in [1.165, 1.54) is 0 Å². The van der Waals surface area contributed by atoms with Crippen LogP contribution < -0.4 is 5.32 Å². The predicted octanol–water partition coefficient (Wildman–Crippen LogP) is 0.384. The number of aliphatic hydroxyl groups is 1. The summed E-state index contributed by atoms with van der Waals surface area (Å²) in [5.41, 5.74) is -0.669. The standard InChI is InChI=1S/C9H14N2O2S/c12-9(1-3-13-7-9)6-10-5-8-11-2-4-14-8/h2,4,10,12H,1,3,5-7H2. The summed E-state index contributed by atoms with van der Waals surface area (Å²) in [6, 6.07) is 0. The number of nitrogens with one attached hydrogen (secondary N) is 1. The molecule has 2 rings (SSSR count). The van der Waals surface area contributed by atoms with Crippen LogP contribution >= 0.6 is 11.3 Å². The highest BCUT2D eigenvalue weighted by atomic mass is 32.1.